The molecule has 0 spiro atoms. The molecular weight excluding hydrogens is 128 g/mol. The summed E-state index contributed by atoms with van der Waals surface area (Å²) in [6, 6.07) is 0. The average Bonchev–Trinajstić information content (AvgIpc) is 2.03. The number of carbonyl (C=O) groups is 1. The first-order valence-corrected chi connectivity index (χ1v) is 3.43. The normalized spacial score (nSPS) is 16.6. The molecule has 54 valence electrons. The maximum absolute atomic E-state index is 9.95. The van der Waals surface area contributed by atoms with Crippen molar-refractivity contribution in [2.75, 3.05) is 6.54 Å². The lowest BCUT2D eigenvalue weighted by atomic mass is 10.2. The van der Waals surface area contributed by atoms with Crippen molar-refractivity contribution in [1.82, 2.24) is 0 Å². The largest absolute Gasteiger partial charge is 0.303 e. The van der Waals surface area contributed by atoms with E-state index in [4.69, 9.17) is 0 Å². The summed E-state index contributed by atoms with van der Waals surface area (Å²) in [4.78, 5) is 9.95. The molecule has 0 atom stereocenters. The second kappa shape index (κ2) is 3.93. The Kier molecular flexibility index (Phi) is 2.80. The summed E-state index contributed by atoms with van der Waals surface area (Å²) in [6.07, 6.45) is 5.22. The first kappa shape index (κ1) is 7.12. The monoisotopic (exact) mass is 138 g/mol. The number of azo groups is 1. The molecule has 0 saturated heterocycles. The minimum absolute atomic E-state index is 0.560. The number of hydrogen-bond acceptors (Lipinski definition) is 3. The van der Waals surface area contributed by atoms with Crippen LogP contribution in [0.1, 0.15) is 19.3 Å². The van der Waals surface area contributed by atoms with Gasteiger partial charge in [0.1, 0.15) is 6.29 Å². The zero-order valence-corrected chi connectivity index (χ0v) is 5.79. The fraction of sp³-hybridized carbons (Fsp3) is 0.571. The number of hydrogen-bond donors (Lipinski definition) is 0. The van der Waals surface area contributed by atoms with Crippen LogP contribution in [0.2, 0.25) is 0 Å². The summed E-state index contributed by atoms with van der Waals surface area (Å²) >= 11 is 0. The van der Waals surface area contributed by atoms with Crippen molar-refractivity contribution in [3.05, 3.63) is 11.8 Å². The van der Waals surface area contributed by atoms with Crippen molar-refractivity contribution in [1.29, 1.82) is 0 Å². The van der Waals surface area contributed by atoms with Crippen molar-refractivity contribution < 1.29 is 4.79 Å². The Morgan fingerprint density at radius 1 is 1.70 bits per heavy atom. The fourth-order valence-electron chi connectivity index (χ4n) is 0.829. The number of aldehydes is 1. The standard InChI is InChI=1S/C7H10N2O/c10-6-2-4-7-3-1-5-8-9-7/h3,6H,1-2,4-5H2. The van der Waals surface area contributed by atoms with E-state index in [-0.39, 0.29) is 0 Å². The van der Waals surface area contributed by atoms with Crippen LogP contribution >= 0.6 is 0 Å². The Morgan fingerprint density at radius 3 is 3.20 bits per heavy atom. The van der Waals surface area contributed by atoms with Crippen molar-refractivity contribution in [3.8, 4) is 0 Å². The first-order chi connectivity index (χ1) is 4.93. The molecule has 0 N–H and O–H groups in total. The summed E-state index contributed by atoms with van der Waals surface area (Å²) < 4.78 is 0. The molecule has 1 rings (SSSR count). The van der Waals surface area contributed by atoms with Gasteiger partial charge < -0.3 is 4.79 Å². The van der Waals surface area contributed by atoms with E-state index in [1.165, 1.54) is 0 Å². The van der Waals surface area contributed by atoms with Crippen LogP contribution in [0, 0.1) is 0 Å². The van der Waals surface area contributed by atoms with Gasteiger partial charge in [-0.15, -0.1) is 0 Å². The minimum atomic E-state index is 0.560. The molecule has 0 aliphatic carbocycles. The second-order valence-electron chi connectivity index (χ2n) is 2.15. The van der Waals surface area contributed by atoms with Crippen molar-refractivity contribution in [2.24, 2.45) is 10.2 Å². The van der Waals surface area contributed by atoms with Crippen molar-refractivity contribution in [3.63, 3.8) is 0 Å². The lowest BCUT2D eigenvalue weighted by Crippen LogP contribution is -1.88. The lowest BCUT2D eigenvalue weighted by molar-refractivity contribution is -0.107. The summed E-state index contributed by atoms with van der Waals surface area (Å²) in [5.41, 5.74) is 0.957. The average molecular weight is 138 g/mol. The van der Waals surface area contributed by atoms with E-state index in [1.807, 2.05) is 6.08 Å². The van der Waals surface area contributed by atoms with Crippen LogP contribution in [-0.2, 0) is 4.79 Å². The van der Waals surface area contributed by atoms with Gasteiger partial charge in [-0.25, -0.2) is 0 Å². The van der Waals surface area contributed by atoms with Crippen LogP contribution in [0.15, 0.2) is 22.0 Å². The Bertz CT molecular complexity index is 172. The Hall–Kier alpha value is -0.990. The number of allylic oxidation sites excluding steroid dienone is 1. The molecule has 1 aliphatic rings. The zero-order chi connectivity index (χ0) is 7.23. The van der Waals surface area contributed by atoms with Gasteiger partial charge in [0.05, 0.1) is 12.2 Å². The molecule has 0 saturated carbocycles. The van der Waals surface area contributed by atoms with Crippen LogP contribution in [0.4, 0.5) is 0 Å². The van der Waals surface area contributed by atoms with E-state index in [1.54, 1.807) is 0 Å². The maximum atomic E-state index is 9.95. The van der Waals surface area contributed by atoms with Crippen LogP contribution in [-0.4, -0.2) is 12.8 Å². The molecule has 0 bridgehead atoms. The second-order valence-corrected chi connectivity index (χ2v) is 2.15. The third kappa shape index (κ3) is 2.09. The van der Waals surface area contributed by atoms with Crippen LogP contribution in [0.5, 0.6) is 0 Å². The van der Waals surface area contributed by atoms with Crippen molar-refractivity contribution in [2.45, 2.75) is 19.3 Å². The topological polar surface area (TPSA) is 41.8 Å². The summed E-state index contributed by atoms with van der Waals surface area (Å²) in [5.74, 6) is 0. The maximum Gasteiger partial charge on any atom is 0.120 e. The third-order valence-corrected chi connectivity index (χ3v) is 1.33. The number of nitrogens with zero attached hydrogens (tertiary/aromatic N) is 2. The highest BCUT2D eigenvalue weighted by Gasteiger charge is 1.97. The van der Waals surface area contributed by atoms with Gasteiger partial charge in [0.25, 0.3) is 0 Å². The predicted molar refractivity (Wildman–Crippen MR) is 37.7 cm³/mol. The highest BCUT2D eigenvalue weighted by atomic mass is 16.1. The fourth-order valence-corrected chi connectivity index (χ4v) is 0.829. The molecular formula is C7H10N2O. The molecule has 0 aromatic carbocycles. The molecule has 0 fully saturated rings. The molecule has 0 amide bonds. The molecule has 0 aromatic rings. The van der Waals surface area contributed by atoms with E-state index in [9.17, 15) is 4.79 Å². The third-order valence-electron chi connectivity index (χ3n) is 1.33. The van der Waals surface area contributed by atoms with Gasteiger partial charge in [-0.05, 0) is 12.8 Å². The van der Waals surface area contributed by atoms with Gasteiger partial charge >= 0.3 is 0 Å². The van der Waals surface area contributed by atoms with E-state index < -0.39 is 0 Å². The predicted octanol–water partition coefficient (Wildman–Crippen LogP) is 1.71. The van der Waals surface area contributed by atoms with Crippen molar-refractivity contribution >= 4 is 6.29 Å². The summed E-state index contributed by atoms with van der Waals surface area (Å²) in [5, 5.41) is 7.75. The molecule has 0 aromatic heterocycles. The molecule has 10 heavy (non-hydrogen) atoms. The number of rotatable bonds is 3. The van der Waals surface area contributed by atoms with Gasteiger partial charge in [0.15, 0.2) is 0 Å². The van der Waals surface area contributed by atoms with Gasteiger partial charge in [0, 0.05) is 6.42 Å². The van der Waals surface area contributed by atoms with Crippen LogP contribution in [0.3, 0.4) is 0 Å². The quantitative estimate of drug-likeness (QED) is 0.547. The highest BCUT2D eigenvalue weighted by Crippen LogP contribution is 2.11. The molecule has 3 heteroatoms. The van der Waals surface area contributed by atoms with Gasteiger partial charge in [-0.3, -0.25) is 0 Å². The minimum Gasteiger partial charge on any atom is -0.303 e. The smallest absolute Gasteiger partial charge is 0.120 e. The lowest BCUT2D eigenvalue weighted by Gasteiger charge is -2.00. The zero-order valence-electron chi connectivity index (χ0n) is 5.79. The van der Waals surface area contributed by atoms with Crippen LogP contribution in [0.25, 0.3) is 0 Å². The summed E-state index contributed by atoms with van der Waals surface area (Å²) in [7, 11) is 0. The van der Waals surface area contributed by atoms with E-state index in [0.717, 1.165) is 31.4 Å². The Balaban J connectivity index is 2.32. The van der Waals surface area contributed by atoms with Crippen LogP contribution < -0.4 is 0 Å². The summed E-state index contributed by atoms with van der Waals surface area (Å²) in [6.45, 7) is 0.796. The molecule has 0 unspecified atom stereocenters. The van der Waals surface area contributed by atoms with Gasteiger partial charge in [-0.1, -0.05) is 6.08 Å². The van der Waals surface area contributed by atoms with Gasteiger partial charge in [0.2, 0.25) is 0 Å². The van der Waals surface area contributed by atoms with E-state index >= 15 is 0 Å². The van der Waals surface area contributed by atoms with E-state index in [0.29, 0.717) is 6.42 Å². The first-order valence-electron chi connectivity index (χ1n) is 3.43. The molecule has 0 radical (unpaired) electrons. The molecule has 1 heterocycles. The SMILES string of the molecule is O=CCCC1=CCCN=N1. The van der Waals surface area contributed by atoms with E-state index in [2.05, 4.69) is 10.2 Å². The Morgan fingerprint density at radius 2 is 2.60 bits per heavy atom. The number of carbonyl (C=O) groups excluding carboxylic acids is 1. The molecule has 3 nitrogen and oxygen atoms in total. The highest BCUT2D eigenvalue weighted by molar-refractivity contribution is 5.49. The Labute approximate surface area is 59.8 Å². The molecule has 1 aliphatic heterocycles. The van der Waals surface area contributed by atoms with Gasteiger partial charge in [-0.2, -0.15) is 10.2 Å².